The molecule has 0 aromatic heterocycles. The van der Waals surface area contributed by atoms with Crippen LogP contribution in [0.15, 0.2) is 0 Å². The van der Waals surface area contributed by atoms with Crippen LogP contribution >= 0.6 is 12.4 Å². The maximum Gasteiger partial charge on any atom is 0.258 e. The molecule has 3 unspecified atom stereocenters. The Morgan fingerprint density at radius 1 is 0.947 bits per heavy atom. The maximum atomic E-state index is 14.4. The van der Waals surface area contributed by atoms with E-state index in [0.29, 0.717) is 38.1 Å². The van der Waals surface area contributed by atoms with Gasteiger partial charge in [-0.3, -0.25) is 0 Å². The van der Waals surface area contributed by atoms with Gasteiger partial charge in [-0.2, -0.15) is 0 Å². The highest BCUT2D eigenvalue weighted by atomic mass is 35.5. The molecule has 1 aliphatic carbocycles. The van der Waals surface area contributed by atoms with Crippen LogP contribution in [0.1, 0.15) is 38.5 Å². The average molecular weight is 294 g/mol. The molecule has 3 atom stereocenters. The van der Waals surface area contributed by atoms with Gasteiger partial charge in [0.05, 0.1) is 0 Å². The van der Waals surface area contributed by atoms with Crippen LogP contribution in [0.5, 0.6) is 0 Å². The van der Waals surface area contributed by atoms with Gasteiger partial charge in [-0.05, 0) is 44.4 Å². The van der Waals surface area contributed by atoms with E-state index in [0.717, 1.165) is 25.7 Å². The molecule has 3 saturated heterocycles. The van der Waals surface area contributed by atoms with E-state index in [2.05, 4.69) is 5.32 Å². The first kappa shape index (κ1) is 14.0. The van der Waals surface area contributed by atoms with Crippen molar-refractivity contribution in [2.24, 2.45) is 17.3 Å². The van der Waals surface area contributed by atoms with Crippen molar-refractivity contribution in [3.8, 4) is 0 Å². The number of alkyl halides is 2. The smallest absolute Gasteiger partial charge is 0.258 e. The number of fused-ring (bicyclic) bond motifs is 2. The Balaban J connectivity index is 0.00000110. The Bertz CT molecular complexity index is 347. The van der Waals surface area contributed by atoms with E-state index < -0.39 is 11.3 Å². The summed E-state index contributed by atoms with van der Waals surface area (Å²) in [5, 5.41) is 3.49. The average Bonchev–Trinajstić information content (AvgIpc) is 2.64. The second kappa shape index (κ2) is 4.54. The summed E-state index contributed by atoms with van der Waals surface area (Å²) < 4.78 is 34.2. The molecule has 2 nitrogen and oxygen atoms in total. The Kier molecular flexibility index (Phi) is 3.35. The molecule has 5 heteroatoms. The minimum absolute atomic E-state index is 0. The maximum absolute atomic E-state index is 14.4. The quantitative estimate of drug-likeness (QED) is 0.802. The second-order valence-corrected chi connectivity index (χ2v) is 6.75. The standard InChI is InChI=1S/C14H21F2NO.ClH/c15-14(16)12(9-3-5-18-6-4-9)13(14)7-10-1-2-11(8-13)17-10;/h9-12,17H,1-8H2;1H. The van der Waals surface area contributed by atoms with Crippen LogP contribution in [0.25, 0.3) is 0 Å². The van der Waals surface area contributed by atoms with Gasteiger partial charge in [0.2, 0.25) is 0 Å². The minimum atomic E-state index is -2.40. The Labute approximate surface area is 119 Å². The first-order valence-electron chi connectivity index (χ1n) is 7.35. The van der Waals surface area contributed by atoms with Gasteiger partial charge in [-0.25, -0.2) is 8.78 Å². The molecule has 110 valence electrons. The highest BCUT2D eigenvalue weighted by Gasteiger charge is 2.82. The Morgan fingerprint density at radius 2 is 1.53 bits per heavy atom. The number of ether oxygens (including phenoxy) is 1. The third-order valence-corrected chi connectivity index (χ3v) is 5.86. The summed E-state index contributed by atoms with van der Waals surface area (Å²) in [7, 11) is 0. The summed E-state index contributed by atoms with van der Waals surface area (Å²) in [4.78, 5) is 0. The lowest BCUT2D eigenvalue weighted by Gasteiger charge is -2.31. The summed E-state index contributed by atoms with van der Waals surface area (Å²) in [6.07, 6.45) is 5.29. The van der Waals surface area contributed by atoms with Gasteiger partial charge in [-0.1, -0.05) is 0 Å². The van der Waals surface area contributed by atoms with Crippen molar-refractivity contribution in [3.05, 3.63) is 0 Å². The predicted octanol–water partition coefficient (Wildman–Crippen LogP) is 3.00. The molecule has 0 aromatic carbocycles. The zero-order valence-corrected chi connectivity index (χ0v) is 11.9. The SMILES string of the molecule is Cl.FC1(F)C(C2CCOCC2)C12CC1CCC(C2)N1. The van der Waals surface area contributed by atoms with E-state index in [4.69, 9.17) is 4.74 Å². The molecule has 4 rings (SSSR count). The van der Waals surface area contributed by atoms with Crippen LogP contribution in [-0.2, 0) is 4.74 Å². The molecule has 19 heavy (non-hydrogen) atoms. The van der Waals surface area contributed by atoms with E-state index in [-0.39, 0.29) is 24.2 Å². The Morgan fingerprint density at radius 3 is 2.11 bits per heavy atom. The van der Waals surface area contributed by atoms with Gasteiger partial charge in [0, 0.05) is 36.6 Å². The fraction of sp³-hybridized carbons (Fsp3) is 1.00. The third kappa shape index (κ3) is 1.86. The van der Waals surface area contributed by atoms with Crippen molar-refractivity contribution in [2.45, 2.75) is 56.5 Å². The molecule has 0 aromatic rings. The molecule has 1 saturated carbocycles. The lowest BCUT2D eigenvalue weighted by molar-refractivity contribution is 0.0220. The molecule has 4 fully saturated rings. The molecule has 3 aliphatic heterocycles. The lowest BCUT2D eigenvalue weighted by Crippen LogP contribution is -2.41. The highest BCUT2D eigenvalue weighted by Crippen LogP contribution is 2.75. The monoisotopic (exact) mass is 293 g/mol. The fourth-order valence-electron chi connectivity index (χ4n) is 5.05. The van der Waals surface area contributed by atoms with Crippen LogP contribution in [0, 0.1) is 17.3 Å². The summed E-state index contributed by atoms with van der Waals surface area (Å²) in [5.41, 5.74) is -0.647. The number of piperidine rings is 1. The van der Waals surface area contributed by atoms with Crippen molar-refractivity contribution in [1.82, 2.24) is 5.32 Å². The van der Waals surface area contributed by atoms with Gasteiger partial charge in [-0.15, -0.1) is 12.4 Å². The summed E-state index contributed by atoms with van der Waals surface area (Å²) >= 11 is 0. The van der Waals surface area contributed by atoms with Crippen molar-refractivity contribution < 1.29 is 13.5 Å². The van der Waals surface area contributed by atoms with Crippen molar-refractivity contribution in [2.75, 3.05) is 13.2 Å². The second-order valence-electron chi connectivity index (χ2n) is 6.75. The van der Waals surface area contributed by atoms with Gasteiger partial charge < -0.3 is 10.1 Å². The first-order chi connectivity index (χ1) is 8.63. The first-order valence-corrected chi connectivity index (χ1v) is 7.35. The summed E-state index contributed by atoms with van der Waals surface area (Å²) in [6, 6.07) is 0.721. The van der Waals surface area contributed by atoms with E-state index in [1.807, 2.05) is 0 Å². The summed E-state index contributed by atoms with van der Waals surface area (Å²) in [6.45, 7) is 1.36. The van der Waals surface area contributed by atoms with Gasteiger partial charge >= 0.3 is 0 Å². The topological polar surface area (TPSA) is 21.3 Å². The third-order valence-electron chi connectivity index (χ3n) is 5.86. The largest absolute Gasteiger partial charge is 0.381 e. The van der Waals surface area contributed by atoms with Crippen LogP contribution < -0.4 is 5.32 Å². The van der Waals surface area contributed by atoms with Crippen molar-refractivity contribution in [3.63, 3.8) is 0 Å². The Hall–Kier alpha value is 0.0700. The number of rotatable bonds is 1. The number of nitrogens with one attached hydrogen (secondary N) is 1. The van der Waals surface area contributed by atoms with Gasteiger partial charge in [0.25, 0.3) is 5.92 Å². The minimum Gasteiger partial charge on any atom is -0.381 e. The molecule has 0 amide bonds. The lowest BCUT2D eigenvalue weighted by atomic mass is 9.81. The zero-order valence-electron chi connectivity index (χ0n) is 11.0. The van der Waals surface area contributed by atoms with Crippen LogP contribution in [0.4, 0.5) is 8.78 Å². The summed E-state index contributed by atoms with van der Waals surface area (Å²) in [5.74, 6) is -2.55. The zero-order chi connectivity index (χ0) is 12.4. The van der Waals surface area contributed by atoms with Crippen LogP contribution in [0.2, 0.25) is 0 Å². The molecule has 3 heterocycles. The van der Waals surface area contributed by atoms with E-state index in [1.54, 1.807) is 0 Å². The number of hydrogen-bond acceptors (Lipinski definition) is 2. The van der Waals surface area contributed by atoms with Crippen LogP contribution in [-0.4, -0.2) is 31.2 Å². The molecular weight excluding hydrogens is 272 g/mol. The van der Waals surface area contributed by atoms with Crippen molar-refractivity contribution >= 4 is 12.4 Å². The van der Waals surface area contributed by atoms with Crippen molar-refractivity contribution in [1.29, 1.82) is 0 Å². The van der Waals surface area contributed by atoms with E-state index >= 15 is 0 Å². The van der Waals surface area contributed by atoms with Crippen LogP contribution in [0.3, 0.4) is 0 Å². The predicted molar refractivity (Wildman–Crippen MR) is 70.8 cm³/mol. The molecule has 1 N–H and O–H groups in total. The fourth-order valence-corrected chi connectivity index (χ4v) is 5.05. The number of halogens is 3. The van der Waals surface area contributed by atoms with E-state index in [9.17, 15) is 8.78 Å². The molecule has 2 bridgehead atoms. The number of hydrogen-bond donors (Lipinski definition) is 1. The molecule has 1 spiro atoms. The molecule has 4 aliphatic rings. The highest BCUT2D eigenvalue weighted by molar-refractivity contribution is 5.85. The van der Waals surface area contributed by atoms with Gasteiger partial charge in [0.1, 0.15) is 0 Å². The van der Waals surface area contributed by atoms with E-state index in [1.165, 1.54) is 0 Å². The van der Waals surface area contributed by atoms with Gasteiger partial charge in [0.15, 0.2) is 0 Å². The normalized spacial score (nSPS) is 48.0. The molecular formula is C14H22ClF2NO. The molecule has 0 radical (unpaired) electrons.